The van der Waals surface area contributed by atoms with Crippen LogP contribution in [0.3, 0.4) is 0 Å². The van der Waals surface area contributed by atoms with Gasteiger partial charge in [-0.3, -0.25) is 0 Å². The Morgan fingerprint density at radius 3 is 0.965 bits per heavy atom. The van der Waals surface area contributed by atoms with E-state index in [4.69, 9.17) is 8.83 Å². The lowest BCUT2D eigenvalue weighted by atomic mass is 10.1. The fourth-order valence-electron chi connectivity index (χ4n) is 4.91. The highest BCUT2D eigenvalue weighted by atomic mass is 32.1. The third kappa shape index (κ3) is 44.4. The van der Waals surface area contributed by atoms with Gasteiger partial charge in [0, 0.05) is 36.3 Å². The molecule has 0 fully saturated rings. The van der Waals surface area contributed by atoms with Gasteiger partial charge < -0.3 is 13.8 Å². The summed E-state index contributed by atoms with van der Waals surface area (Å²) in [5.41, 5.74) is 20.5. The molecule has 1 aromatic carbocycles. The summed E-state index contributed by atoms with van der Waals surface area (Å²) < 4.78 is 21.8. The molecule has 10 rings (SSSR count). The average Bonchev–Trinajstić information content (AvgIpc) is 4.53. The first-order valence-corrected chi connectivity index (χ1v) is 35.3. The number of nitrogens with zero attached hydrogens (tertiary/aromatic N) is 5. The summed E-state index contributed by atoms with van der Waals surface area (Å²) in [7, 11) is 0. The minimum Gasteiger partial charge on any atom is -0.472 e. The Hall–Kier alpha value is -5.09. The molecule has 0 aliphatic heterocycles. The molecule has 0 atom stereocenters. The van der Waals surface area contributed by atoms with Crippen LogP contribution in [0, 0.1) is 159 Å². The molecule has 10 aromatic rings. The van der Waals surface area contributed by atoms with Gasteiger partial charge in [-0.15, -0.1) is 27.8 Å². The van der Waals surface area contributed by atoms with Crippen molar-refractivity contribution in [3.05, 3.63) is 208 Å². The van der Waals surface area contributed by atoms with Gasteiger partial charge in [0.2, 0.25) is 0 Å². The maximum Gasteiger partial charge on any atom is 0.103 e. The summed E-state index contributed by atoms with van der Waals surface area (Å²) in [6.07, 6.45) is 7.14. The number of H-pyrrole nitrogens is 1. The van der Waals surface area contributed by atoms with Gasteiger partial charge >= 0.3 is 0 Å². The van der Waals surface area contributed by atoms with Gasteiger partial charge in [0.1, 0.15) is 5.76 Å². The van der Waals surface area contributed by atoms with Gasteiger partial charge in [0.05, 0.1) is 46.6 Å². The number of aryl methyl sites for hydroxylation is 21. The summed E-state index contributed by atoms with van der Waals surface area (Å²) in [5.74, 6) is 1.01. The van der Waals surface area contributed by atoms with E-state index in [0.717, 1.165) is 11.5 Å². The first-order chi connectivity index (χ1) is 40.8. The lowest BCUT2D eigenvalue weighted by Gasteiger charge is -1.93. The maximum absolute atomic E-state index is 4.96. The number of furan rings is 2. The van der Waals surface area contributed by atoms with Gasteiger partial charge in [-0.2, -0.15) is 20.1 Å². The number of nitrogens with one attached hydrogen (secondary N) is 1. The number of thiazole rings is 1. The second-order valence-corrected chi connectivity index (χ2v) is 24.0. The molecule has 0 saturated heterocycles. The molecule has 14 heteroatoms. The fraction of sp³-hybridized carbons (Fsp3) is 0.486. The van der Waals surface area contributed by atoms with Crippen LogP contribution in [0.5, 0.6) is 0 Å². The van der Waals surface area contributed by atoms with E-state index in [1.54, 1.807) is 75.9 Å². The standard InChI is InChI=1S/C8H10.3C6H9NS.C6H9N.2C6H8O.2C6H8S.C4H6N2S.6C2H6/c1-7-5-3-4-6-8(7)2;1-4-5(2)8-6(3)7-4;2*1-4-5(2)7-8-6(4)3;1-5-3-4-7-6(5)2;1-5-3-7-4-6(5)2;1-5-3-4-7-6(5)2;1-5-3-7-4-6(5)2;1-5-3-4-7-6(5)2;1-3-4(2)7-6-5-3;6*1-2/h3-6H,1-2H3;3*1-3H3;3-4,7H,1-2H3;4*3-4H,1-2H3;1-2H3;6*1-2H3. The van der Waals surface area contributed by atoms with E-state index in [-0.39, 0.29) is 0 Å². The normalized spacial score (nSPS) is 8.64. The molecule has 0 radical (unpaired) electrons. The van der Waals surface area contributed by atoms with Gasteiger partial charge in [-0.05, 0) is 289 Å². The molecule has 0 saturated carbocycles. The van der Waals surface area contributed by atoms with Crippen molar-refractivity contribution in [2.24, 2.45) is 0 Å². The smallest absolute Gasteiger partial charge is 0.103 e. The van der Waals surface area contributed by atoms with E-state index in [0.29, 0.717) is 0 Å². The Morgan fingerprint density at radius 1 is 0.395 bits per heavy atom. The van der Waals surface area contributed by atoms with E-state index < -0.39 is 0 Å². The van der Waals surface area contributed by atoms with Crippen molar-refractivity contribution in [2.45, 2.75) is 242 Å². The van der Waals surface area contributed by atoms with Crippen molar-refractivity contribution in [1.82, 2.24) is 28.3 Å². The summed E-state index contributed by atoms with van der Waals surface area (Å²) in [4.78, 5) is 13.9. The van der Waals surface area contributed by atoms with Crippen LogP contribution in [-0.4, -0.2) is 28.3 Å². The van der Waals surface area contributed by atoms with Crippen LogP contribution >= 0.6 is 68.6 Å². The zero-order chi connectivity index (χ0) is 68.1. The topological polar surface area (TPSA) is 107 Å². The Labute approximate surface area is 552 Å². The Morgan fingerprint density at radius 2 is 0.849 bits per heavy atom. The quantitative estimate of drug-likeness (QED) is 0.161. The SMILES string of the molecule is CC.CC.CC.CC.CC.CC.Cc1cc[nH]c1C.Cc1ccccc1C.Cc1ccoc1C.Cc1ccsc1C.Cc1cocc1C.Cc1cscc1C.Cc1nc(C)c(C)s1.Cc1nnsc1C.Cc1nsc(C)c1C.Cc1nsc(C)c1C. The van der Waals surface area contributed by atoms with Crippen molar-refractivity contribution in [3.63, 3.8) is 0 Å². The van der Waals surface area contributed by atoms with E-state index >= 15 is 0 Å². The summed E-state index contributed by atoms with van der Waals surface area (Å²) in [6.45, 7) is 71.6. The highest BCUT2D eigenvalue weighted by molar-refractivity contribution is 7.11. The molecule has 0 spiro atoms. The van der Waals surface area contributed by atoms with Crippen LogP contribution in [0.1, 0.15) is 208 Å². The van der Waals surface area contributed by atoms with Crippen molar-refractivity contribution in [2.75, 3.05) is 0 Å². The number of aromatic nitrogens is 6. The fourth-order valence-corrected chi connectivity index (χ4v) is 9.15. The van der Waals surface area contributed by atoms with Gasteiger partial charge in [0.25, 0.3) is 0 Å². The molecule has 0 bridgehead atoms. The third-order valence-electron chi connectivity index (χ3n) is 11.9. The van der Waals surface area contributed by atoms with Crippen LogP contribution in [-0.2, 0) is 0 Å². The average molecular weight is 1290 g/mol. The molecule has 0 aliphatic carbocycles. The molecule has 0 unspecified atom stereocenters. The molecule has 9 aromatic heterocycles. The predicted octanol–water partition coefficient (Wildman–Crippen LogP) is 26.0. The van der Waals surface area contributed by atoms with Crippen LogP contribution < -0.4 is 0 Å². The molecular weight excluding hydrogens is 1170 g/mol. The molecule has 0 amide bonds. The predicted molar refractivity (Wildman–Crippen MR) is 397 cm³/mol. The largest absolute Gasteiger partial charge is 0.472 e. The van der Waals surface area contributed by atoms with Crippen molar-refractivity contribution < 1.29 is 8.83 Å². The number of thiophene rings is 2. The van der Waals surface area contributed by atoms with E-state index in [1.165, 1.54) is 125 Å². The maximum atomic E-state index is 4.96. The lowest BCUT2D eigenvalue weighted by molar-refractivity contribution is 0.532. The molecule has 8 nitrogen and oxygen atoms in total. The summed E-state index contributed by atoms with van der Waals surface area (Å²) in [5, 5.41) is 11.4. The first kappa shape index (κ1) is 92.1. The Balaban J connectivity index is -0.000000203. The highest BCUT2D eigenvalue weighted by Crippen LogP contribution is 2.17. The highest BCUT2D eigenvalue weighted by Gasteiger charge is 1.99. The lowest BCUT2D eigenvalue weighted by Crippen LogP contribution is -1.74. The minimum atomic E-state index is 1.01. The zero-order valence-corrected chi connectivity index (χ0v) is 65.5. The summed E-state index contributed by atoms with van der Waals surface area (Å²) >= 11 is 9.93. The Bertz CT molecular complexity index is 2520. The summed E-state index contributed by atoms with van der Waals surface area (Å²) in [6, 6.07) is 14.5. The number of hydrogen-bond donors (Lipinski definition) is 1. The monoisotopic (exact) mass is 1290 g/mol. The Kier molecular flexibility index (Phi) is 63.1. The number of benzene rings is 1. The number of aromatic amines is 1. The first-order valence-electron chi connectivity index (χ1n) is 30.3. The van der Waals surface area contributed by atoms with E-state index in [9.17, 15) is 0 Å². The van der Waals surface area contributed by atoms with Crippen molar-refractivity contribution in [1.29, 1.82) is 0 Å². The molecule has 86 heavy (non-hydrogen) atoms. The molecular formula is C72H120N6O2S6. The van der Waals surface area contributed by atoms with Crippen molar-refractivity contribution in [3.8, 4) is 0 Å². The van der Waals surface area contributed by atoms with E-state index in [2.05, 4.69) is 171 Å². The van der Waals surface area contributed by atoms with Crippen LogP contribution in [0.15, 0.2) is 92.4 Å². The molecule has 0 aliphatic rings. The molecule has 9 heterocycles. The van der Waals surface area contributed by atoms with Crippen LogP contribution in [0.2, 0.25) is 0 Å². The second-order valence-electron chi connectivity index (χ2n) is 17.9. The van der Waals surface area contributed by atoms with Gasteiger partial charge in [0.15, 0.2) is 0 Å². The second kappa shape index (κ2) is 58.9. The van der Waals surface area contributed by atoms with Crippen LogP contribution in [0.25, 0.3) is 0 Å². The minimum absolute atomic E-state index is 1.01. The number of rotatable bonds is 0. The molecule has 1 N–H and O–H groups in total. The zero-order valence-electron chi connectivity index (χ0n) is 60.6. The van der Waals surface area contributed by atoms with Gasteiger partial charge in [-0.25, -0.2) is 4.98 Å². The van der Waals surface area contributed by atoms with Crippen molar-refractivity contribution >= 4 is 68.6 Å². The van der Waals surface area contributed by atoms with Crippen LogP contribution in [0.4, 0.5) is 0 Å². The van der Waals surface area contributed by atoms with E-state index in [1.807, 2.05) is 165 Å². The van der Waals surface area contributed by atoms with Gasteiger partial charge in [-0.1, -0.05) is 112 Å². The number of hydrogen-bond acceptors (Lipinski definition) is 13. The third-order valence-corrected chi connectivity index (χ3v) is 17.4. The molecule has 486 valence electrons.